The molecule has 0 aromatic rings. The molecule has 1 aliphatic rings. The van der Waals surface area contributed by atoms with E-state index in [0.29, 0.717) is 11.8 Å². The lowest BCUT2D eigenvalue weighted by Gasteiger charge is -2.41. The van der Waals surface area contributed by atoms with Crippen LogP contribution in [0.15, 0.2) is 0 Å². The maximum absolute atomic E-state index is 12.0. The summed E-state index contributed by atoms with van der Waals surface area (Å²) in [5, 5.41) is 3.04. The maximum Gasteiger partial charge on any atom is 0.149 e. The molecule has 0 aromatic carbocycles. The van der Waals surface area contributed by atoms with Crippen LogP contribution >= 0.6 is 0 Å². The van der Waals surface area contributed by atoms with Gasteiger partial charge in [-0.3, -0.25) is 4.79 Å². The van der Waals surface area contributed by atoms with Crippen LogP contribution in [0.2, 0.25) is 0 Å². The lowest BCUT2D eigenvalue weighted by molar-refractivity contribution is -0.123. The molecule has 0 saturated carbocycles. The molecule has 0 amide bonds. The molecule has 1 saturated heterocycles. The highest BCUT2D eigenvalue weighted by molar-refractivity contribution is 5.84. The van der Waals surface area contributed by atoms with Gasteiger partial charge in [0.1, 0.15) is 5.78 Å². The molecule has 0 radical (unpaired) electrons. The first-order valence-corrected chi connectivity index (χ1v) is 6.82. The molecule has 3 nitrogen and oxygen atoms in total. The number of Topliss-reactive ketones (excluding diaryl/α,β-unsaturated/α-hetero) is 1. The Bertz CT molecular complexity index is 255. The quantitative estimate of drug-likeness (QED) is 0.798. The molecule has 0 aliphatic carbocycles. The van der Waals surface area contributed by atoms with Crippen LogP contribution in [0.5, 0.6) is 0 Å². The Morgan fingerprint density at radius 3 is 2.24 bits per heavy atom. The fourth-order valence-corrected chi connectivity index (χ4v) is 2.49. The number of piperidine rings is 1. The molecule has 1 unspecified atom stereocenters. The third-order valence-corrected chi connectivity index (χ3v) is 4.25. The van der Waals surface area contributed by atoms with Gasteiger partial charge in [-0.2, -0.15) is 0 Å². The molecule has 0 aromatic heterocycles. The summed E-state index contributed by atoms with van der Waals surface area (Å²) in [5.41, 5.74) is 0.216. The van der Waals surface area contributed by atoms with E-state index in [2.05, 4.69) is 31.0 Å². The van der Waals surface area contributed by atoms with Gasteiger partial charge in [0.25, 0.3) is 0 Å². The zero-order valence-electron chi connectivity index (χ0n) is 12.0. The third-order valence-electron chi connectivity index (χ3n) is 4.25. The Morgan fingerprint density at radius 1 is 1.29 bits per heavy atom. The Morgan fingerprint density at radius 2 is 1.82 bits per heavy atom. The van der Waals surface area contributed by atoms with E-state index in [1.54, 1.807) is 0 Å². The van der Waals surface area contributed by atoms with Crippen molar-refractivity contribution in [2.75, 3.05) is 20.1 Å². The van der Waals surface area contributed by atoms with Gasteiger partial charge in [-0.15, -0.1) is 0 Å². The van der Waals surface area contributed by atoms with Crippen molar-refractivity contribution in [1.29, 1.82) is 0 Å². The summed E-state index contributed by atoms with van der Waals surface area (Å²) in [7, 11) is 1.85. The van der Waals surface area contributed by atoms with Crippen LogP contribution < -0.4 is 5.32 Å². The minimum atomic E-state index is -0.00467. The molecule has 1 atom stereocenters. The van der Waals surface area contributed by atoms with Gasteiger partial charge >= 0.3 is 0 Å². The summed E-state index contributed by atoms with van der Waals surface area (Å²) in [6.07, 6.45) is 3.02. The average molecular weight is 240 g/mol. The minimum Gasteiger partial charge on any atom is -0.311 e. The first kappa shape index (κ1) is 14.7. The van der Waals surface area contributed by atoms with Gasteiger partial charge in [-0.05, 0) is 59.2 Å². The van der Waals surface area contributed by atoms with E-state index in [0.717, 1.165) is 32.4 Å². The number of likely N-dealkylation sites (N-methyl/N-ethyl adjacent to an activating group) is 1. The van der Waals surface area contributed by atoms with Crippen LogP contribution in [0.25, 0.3) is 0 Å². The van der Waals surface area contributed by atoms with Gasteiger partial charge in [-0.1, -0.05) is 6.92 Å². The average Bonchev–Trinajstić information content (AvgIpc) is 2.27. The van der Waals surface area contributed by atoms with Crippen molar-refractivity contribution in [1.82, 2.24) is 10.2 Å². The topological polar surface area (TPSA) is 32.3 Å². The smallest absolute Gasteiger partial charge is 0.149 e. The Hall–Kier alpha value is -0.410. The molecule has 1 fully saturated rings. The van der Waals surface area contributed by atoms with Crippen molar-refractivity contribution < 1.29 is 4.79 Å². The van der Waals surface area contributed by atoms with E-state index >= 15 is 0 Å². The Labute approximate surface area is 106 Å². The summed E-state index contributed by atoms with van der Waals surface area (Å²) in [5.74, 6) is 0.355. The van der Waals surface area contributed by atoms with E-state index in [4.69, 9.17) is 0 Å². The molecule has 1 heterocycles. The Kier molecular flexibility index (Phi) is 5.14. The van der Waals surface area contributed by atoms with E-state index in [1.165, 1.54) is 0 Å². The number of nitrogens with one attached hydrogen (secondary N) is 1. The monoisotopic (exact) mass is 240 g/mol. The van der Waals surface area contributed by atoms with Gasteiger partial charge in [0.15, 0.2) is 0 Å². The maximum atomic E-state index is 12.0. The van der Waals surface area contributed by atoms with Crippen LogP contribution in [-0.2, 0) is 4.79 Å². The highest BCUT2D eigenvalue weighted by Crippen LogP contribution is 2.35. The van der Waals surface area contributed by atoms with Crippen molar-refractivity contribution >= 4 is 5.78 Å². The van der Waals surface area contributed by atoms with Crippen molar-refractivity contribution in [2.45, 2.75) is 59.0 Å². The number of nitrogens with zero attached hydrogens (tertiary/aromatic N) is 1. The number of likely N-dealkylation sites (tertiary alicyclic amines) is 1. The lowest BCUT2D eigenvalue weighted by Crippen LogP contribution is -2.44. The zero-order chi connectivity index (χ0) is 13.1. The van der Waals surface area contributed by atoms with E-state index < -0.39 is 0 Å². The summed E-state index contributed by atoms with van der Waals surface area (Å²) >= 11 is 0. The number of carbonyl (C=O) groups is 1. The molecular weight excluding hydrogens is 212 g/mol. The lowest BCUT2D eigenvalue weighted by atomic mass is 9.75. The molecule has 100 valence electrons. The van der Waals surface area contributed by atoms with Crippen molar-refractivity contribution in [2.24, 2.45) is 5.41 Å². The van der Waals surface area contributed by atoms with Crippen LogP contribution in [-0.4, -0.2) is 42.9 Å². The fourth-order valence-electron chi connectivity index (χ4n) is 2.49. The van der Waals surface area contributed by atoms with Gasteiger partial charge in [0, 0.05) is 12.5 Å². The van der Waals surface area contributed by atoms with Crippen LogP contribution in [0.3, 0.4) is 0 Å². The number of ketones is 1. The number of hydrogen-bond acceptors (Lipinski definition) is 3. The van der Waals surface area contributed by atoms with Crippen LogP contribution in [0, 0.1) is 5.41 Å². The predicted molar refractivity (Wildman–Crippen MR) is 72.2 cm³/mol. The molecule has 3 heteroatoms. The standard InChI is InChI=1S/C14H28N2O/c1-11(2)16-8-6-14(4,7-9-16)10-13(17)12(3)15-5/h11-12,15H,6-10H2,1-5H3. The van der Waals surface area contributed by atoms with Crippen LogP contribution in [0.1, 0.15) is 47.0 Å². The molecule has 0 bridgehead atoms. The number of carbonyl (C=O) groups excluding carboxylic acids is 1. The predicted octanol–water partition coefficient (Wildman–Crippen LogP) is 2.06. The second-order valence-corrected chi connectivity index (χ2v) is 6.09. The Balaban J connectivity index is 2.47. The highest BCUT2D eigenvalue weighted by Gasteiger charge is 2.33. The van der Waals surface area contributed by atoms with Gasteiger partial charge in [0.05, 0.1) is 6.04 Å². The molecule has 1 rings (SSSR count). The van der Waals surface area contributed by atoms with E-state index in [-0.39, 0.29) is 11.5 Å². The van der Waals surface area contributed by atoms with Gasteiger partial charge in [0.2, 0.25) is 0 Å². The number of hydrogen-bond donors (Lipinski definition) is 1. The fraction of sp³-hybridized carbons (Fsp3) is 0.929. The van der Waals surface area contributed by atoms with Crippen molar-refractivity contribution in [3.05, 3.63) is 0 Å². The second kappa shape index (κ2) is 5.96. The summed E-state index contributed by atoms with van der Waals surface area (Å²) in [6.45, 7) is 11.0. The van der Waals surface area contributed by atoms with Gasteiger partial charge in [-0.25, -0.2) is 0 Å². The van der Waals surface area contributed by atoms with E-state index in [9.17, 15) is 4.79 Å². The third kappa shape index (κ3) is 4.07. The normalized spacial score (nSPS) is 22.7. The molecular formula is C14H28N2O. The molecule has 0 spiro atoms. The largest absolute Gasteiger partial charge is 0.311 e. The second-order valence-electron chi connectivity index (χ2n) is 6.09. The summed E-state index contributed by atoms with van der Waals surface area (Å²) < 4.78 is 0. The first-order valence-electron chi connectivity index (χ1n) is 6.82. The van der Waals surface area contributed by atoms with Crippen molar-refractivity contribution in [3.8, 4) is 0 Å². The molecule has 1 N–H and O–H groups in total. The van der Waals surface area contributed by atoms with Gasteiger partial charge < -0.3 is 10.2 Å². The van der Waals surface area contributed by atoms with E-state index in [1.807, 2.05) is 14.0 Å². The first-order chi connectivity index (χ1) is 7.88. The molecule has 17 heavy (non-hydrogen) atoms. The summed E-state index contributed by atoms with van der Waals surface area (Å²) in [4.78, 5) is 14.5. The minimum absolute atomic E-state index is 0.00467. The van der Waals surface area contributed by atoms with Crippen molar-refractivity contribution in [3.63, 3.8) is 0 Å². The molecule has 1 aliphatic heterocycles. The van der Waals surface area contributed by atoms with Crippen LogP contribution in [0.4, 0.5) is 0 Å². The number of rotatable bonds is 5. The highest BCUT2D eigenvalue weighted by atomic mass is 16.1. The summed E-state index contributed by atoms with van der Waals surface area (Å²) in [6, 6.07) is 0.626. The zero-order valence-corrected chi connectivity index (χ0v) is 12.0. The SMILES string of the molecule is CNC(C)C(=O)CC1(C)CCN(C(C)C)CC1.